The van der Waals surface area contributed by atoms with Gasteiger partial charge in [-0.1, -0.05) is 74.8 Å². The molecule has 1 saturated heterocycles. The molecule has 3 nitrogen and oxygen atoms in total. The van der Waals surface area contributed by atoms with Gasteiger partial charge in [0.25, 0.3) is 0 Å². The number of esters is 1. The molecule has 5 rings (SSSR count). The van der Waals surface area contributed by atoms with Crippen LogP contribution in [0.3, 0.4) is 0 Å². The minimum absolute atomic E-state index is 0.00200. The molecule has 5 aliphatic rings. The molecular formula is C34H54O3. The van der Waals surface area contributed by atoms with Crippen LogP contribution in [-0.4, -0.2) is 17.9 Å². The van der Waals surface area contributed by atoms with Crippen molar-refractivity contribution in [2.45, 2.75) is 120 Å². The number of allylic oxidation sites excluding steroid dienone is 2. The summed E-state index contributed by atoms with van der Waals surface area (Å²) in [4.78, 5) is 26.7. The maximum absolute atomic E-state index is 13.7. The number of fused-ring (bicyclic) bond motifs is 5. The molecule has 3 unspecified atom stereocenters. The van der Waals surface area contributed by atoms with E-state index in [-0.39, 0.29) is 45.6 Å². The van der Waals surface area contributed by atoms with Crippen LogP contribution in [0.5, 0.6) is 0 Å². The maximum Gasteiger partial charge on any atom is 0.309 e. The fraction of sp³-hybridized carbons (Fsp3) is 0.882. The van der Waals surface area contributed by atoms with Crippen LogP contribution in [0.15, 0.2) is 11.6 Å². The van der Waals surface area contributed by atoms with Crippen molar-refractivity contribution in [2.24, 2.45) is 69.0 Å². The van der Waals surface area contributed by atoms with Gasteiger partial charge in [0, 0.05) is 11.3 Å². The molecule has 3 heteroatoms. The highest BCUT2D eigenvalue weighted by molar-refractivity contribution is 5.94. The van der Waals surface area contributed by atoms with Gasteiger partial charge in [0.15, 0.2) is 5.78 Å². The second kappa shape index (κ2) is 8.69. The Balaban J connectivity index is 1.48. The molecule has 37 heavy (non-hydrogen) atoms. The average molecular weight is 511 g/mol. The molecule has 1 aliphatic heterocycles. The van der Waals surface area contributed by atoms with Crippen molar-refractivity contribution in [1.82, 2.24) is 0 Å². The highest BCUT2D eigenvalue weighted by Crippen LogP contribution is 2.73. The average Bonchev–Trinajstić information content (AvgIpc) is 3.09. The fourth-order valence-corrected chi connectivity index (χ4v) is 10.9. The van der Waals surface area contributed by atoms with Crippen molar-refractivity contribution in [2.75, 3.05) is 0 Å². The van der Waals surface area contributed by atoms with Gasteiger partial charge >= 0.3 is 5.97 Å². The van der Waals surface area contributed by atoms with Gasteiger partial charge in [-0.2, -0.15) is 0 Å². The summed E-state index contributed by atoms with van der Waals surface area (Å²) in [5.41, 5.74) is 1.64. The van der Waals surface area contributed by atoms with Crippen molar-refractivity contribution in [3.05, 3.63) is 11.6 Å². The minimum Gasteiger partial charge on any atom is -0.462 e. The van der Waals surface area contributed by atoms with E-state index in [0.717, 1.165) is 25.7 Å². The third-order valence-electron chi connectivity index (χ3n) is 13.8. The van der Waals surface area contributed by atoms with Crippen LogP contribution in [0.4, 0.5) is 0 Å². The van der Waals surface area contributed by atoms with Gasteiger partial charge in [-0.15, -0.1) is 0 Å². The predicted octanol–water partition coefficient (Wildman–Crippen LogP) is 8.27. The Morgan fingerprint density at radius 1 is 0.946 bits per heavy atom. The van der Waals surface area contributed by atoms with Gasteiger partial charge in [-0.05, 0) is 103 Å². The Labute approximate surface area is 227 Å². The number of carbonyl (C=O) groups is 2. The topological polar surface area (TPSA) is 43.4 Å². The molecule has 0 aromatic heterocycles. The van der Waals surface area contributed by atoms with Gasteiger partial charge in [-0.3, -0.25) is 9.59 Å². The van der Waals surface area contributed by atoms with Crippen LogP contribution in [0, 0.1) is 69.0 Å². The van der Waals surface area contributed by atoms with Crippen LogP contribution in [0.1, 0.15) is 114 Å². The molecule has 0 radical (unpaired) electrons. The molecular weight excluding hydrogens is 456 g/mol. The number of carbonyl (C=O) groups excluding carboxylic acids is 2. The van der Waals surface area contributed by atoms with E-state index in [4.69, 9.17) is 4.74 Å². The molecule has 0 bridgehead atoms. The number of cyclic esters (lactones) is 1. The Bertz CT molecular complexity index is 991. The second-order valence-corrected chi connectivity index (χ2v) is 16.1. The second-order valence-electron chi connectivity index (χ2n) is 16.1. The minimum atomic E-state index is -0.0945. The van der Waals surface area contributed by atoms with Crippen LogP contribution in [0.2, 0.25) is 0 Å². The van der Waals surface area contributed by atoms with Crippen molar-refractivity contribution >= 4 is 11.8 Å². The van der Waals surface area contributed by atoms with Gasteiger partial charge in [0.05, 0.1) is 5.92 Å². The van der Waals surface area contributed by atoms with E-state index in [2.05, 4.69) is 75.3 Å². The molecule has 3 saturated carbocycles. The molecule has 0 aromatic carbocycles. The van der Waals surface area contributed by atoms with E-state index in [1.165, 1.54) is 24.8 Å². The largest absolute Gasteiger partial charge is 0.462 e. The van der Waals surface area contributed by atoms with Crippen LogP contribution < -0.4 is 0 Å². The van der Waals surface area contributed by atoms with E-state index in [1.54, 1.807) is 0 Å². The zero-order valence-corrected chi connectivity index (χ0v) is 25.4. The molecule has 208 valence electrons. The van der Waals surface area contributed by atoms with Gasteiger partial charge in [0.2, 0.25) is 0 Å². The number of hydrogen-bond acceptors (Lipinski definition) is 3. The van der Waals surface area contributed by atoms with E-state index < -0.39 is 0 Å². The van der Waals surface area contributed by atoms with Crippen LogP contribution in [0.25, 0.3) is 0 Å². The standard InChI is InChI=1S/C34H54O3/c1-19(2)23-16-29(37-30(36)22(23)5)31(6,7)28-12-14-33(9)25-17-27(35)26-15-20(3)21(4)18-32(26,8)24(25)11-13-34(28,33)10/h17,19-24,26,28-29H,11-16,18H2,1-10H3/t20-,21+,22?,23?,24?,26+,28-,29-,32-,33+,34-/m1/s1. The Hall–Kier alpha value is -1.12. The number of hydrogen-bond donors (Lipinski definition) is 0. The first-order valence-corrected chi connectivity index (χ1v) is 15.5. The summed E-state index contributed by atoms with van der Waals surface area (Å²) in [6.07, 6.45) is 10.0. The van der Waals surface area contributed by atoms with Crippen molar-refractivity contribution < 1.29 is 14.3 Å². The zero-order valence-electron chi connectivity index (χ0n) is 25.4. The lowest BCUT2D eigenvalue weighted by Crippen LogP contribution is -2.57. The first-order chi connectivity index (χ1) is 17.1. The number of rotatable bonds is 3. The van der Waals surface area contributed by atoms with Gasteiger partial charge < -0.3 is 4.74 Å². The lowest BCUT2D eigenvalue weighted by molar-refractivity contribution is -0.183. The summed E-state index contributed by atoms with van der Waals surface area (Å²) in [5, 5.41) is 0. The fourth-order valence-electron chi connectivity index (χ4n) is 10.9. The van der Waals surface area contributed by atoms with Crippen LogP contribution >= 0.6 is 0 Å². The van der Waals surface area contributed by atoms with E-state index in [9.17, 15) is 9.59 Å². The highest BCUT2D eigenvalue weighted by Gasteiger charge is 2.67. The summed E-state index contributed by atoms with van der Waals surface area (Å²) in [6, 6.07) is 0. The van der Waals surface area contributed by atoms with Gasteiger partial charge in [-0.25, -0.2) is 0 Å². The zero-order chi connectivity index (χ0) is 27.3. The van der Waals surface area contributed by atoms with Crippen molar-refractivity contribution in [1.29, 1.82) is 0 Å². The summed E-state index contributed by atoms with van der Waals surface area (Å²) < 4.78 is 6.24. The van der Waals surface area contributed by atoms with E-state index >= 15 is 0 Å². The first kappa shape index (κ1) is 27.4. The Morgan fingerprint density at radius 2 is 1.62 bits per heavy atom. The Kier molecular flexibility index (Phi) is 6.45. The molecule has 4 aliphatic carbocycles. The third kappa shape index (κ3) is 3.71. The maximum atomic E-state index is 13.7. The Morgan fingerprint density at radius 3 is 2.27 bits per heavy atom. The molecule has 11 atom stereocenters. The molecule has 1 heterocycles. The third-order valence-corrected chi connectivity index (χ3v) is 13.8. The first-order valence-electron chi connectivity index (χ1n) is 15.5. The van der Waals surface area contributed by atoms with Crippen LogP contribution in [-0.2, 0) is 14.3 Å². The van der Waals surface area contributed by atoms with E-state index in [0.29, 0.717) is 41.3 Å². The summed E-state index contributed by atoms with van der Waals surface area (Å²) in [7, 11) is 0. The highest BCUT2D eigenvalue weighted by atomic mass is 16.5. The number of ether oxygens (including phenoxy) is 1. The smallest absolute Gasteiger partial charge is 0.309 e. The molecule has 0 amide bonds. The summed E-state index contributed by atoms with van der Waals surface area (Å²) in [5.74, 6) is 3.77. The van der Waals surface area contributed by atoms with Gasteiger partial charge in [0.1, 0.15) is 6.10 Å². The normalized spacial score (nSPS) is 50.2. The molecule has 0 N–H and O–H groups in total. The SMILES string of the molecule is CC(C)C1C[C@H](C(C)(C)[C@H]2CC[C@@]3(C)C4=CC(=O)[C@@H]5C[C@@H](C)[C@@H](C)C[C@]5(C)C4CC[C@]23C)OC(=O)C1C. The van der Waals surface area contributed by atoms with E-state index in [1.807, 2.05) is 0 Å². The summed E-state index contributed by atoms with van der Waals surface area (Å²) in [6.45, 7) is 23.6. The van der Waals surface area contributed by atoms with Crippen molar-refractivity contribution in [3.63, 3.8) is 0 Å². The monoisotopic (exact) mass is 510 g/mol. The summed E-state index contributed by atoms with van der Waals surface area (Å²) >= 11 is 0. The lowest BCUT2D eigenvalue weighted by atomic mass is 9.41. The quantitative estimate of drug-likeness (QED) is 0.359. The molecule has 0 aromatic rings. The molecule has 4 fully saturated rings. The predicted molar refractivity (Wildman–Crippen MR) is 150 cm³/mol. The number of ketones is 1. The van der Waals surface area contributed by atoms with Crippen molar-refractivity contribution in [3.8, 4) is 0 Å². The molecule has 0 spiro atoms. The lowest BCUT2D eigenvalue weighted by Gasteiger charge is -2.62.